The van der Waals surface area contributed by atoms with Crippen molar-refractivity contribution in [3.63, 3.8) is 0 Å². The van der Waals surface area contributed by atoms with Crippen LogP contribution in [0.4, 0.5) is 10.5 Å². The number of hydrogen-bond donors (Lipinski definition) is 1. The molecule has 1 aliphatic heterocycles. The summed E-state index contributed by atoms with van der Waals surface area (Å²) in [7, 11) is 0. The van der Waals surface area contributed by atoms with E-state index >= 15 is 0 Å². The van der Waals surface area contributed by atoms with E-state index in [-0.39, 0.29) is 0 Å². The Morgan fingerprint density at radius 2 is 1.91 bits per heavy atom. The Hall–Kier alpha value is -3.84. The zero-order valence-corrected chi connectivity index (χ0v) is 19.6. The number of anilines is 1. The molecule has 0 spiro atoms. The molecule has 1 amide bonds. The molecule has 0 bridgehead atoms. The third-order valence-electron chi connectivity index (χ3n) is 6.20. The SMILES string of the molecule is CCCN(c1ccncc1)n1cc(C)c2cc(OC(=O)NN3CCc4ccccc4C3)ccc21. The van der Waals surface area contributed by atoms with Crippen LogP contribution in [0.1, 0.15) is 30.0 Å². The van der Waals surface area contributed by atoms with Crippen molar-refractivity contribution < 1.29 is 9.53 Å². The molecule has 0 saturated carbocycles. The monoisotopic (exact) mass is 455 g/mol. The summed E-state index contributed by atoms with van der Waals surface area (Å²) in [6.07, 6.45) is 7.17. The first-order valence-electron chi connectivity index (χ1n) is 11.7. The lowest BCUT2D eigenvalue weighted by Gasteiger charge is -2.28. The molecule has 0 fully saturated rings. The van der Waals surface area contributed by atoms with E-state index in [4.69, 9.17) is 4.74 Å². The van der Waals surface area contributed by atoms with Gasteiger partial charge in [0.15, 0.2) is 0 Å². The Balaban J connectivity index is 1.33. The lowest BCUT2D eigenvalue weighted by atomic mass is 10.0. The Morgan fingerprint density at radius 1 is 1.12 bits per heavy atom. The second-order valence-electron chi connectivity index (χ2n) is 8.61. The molecule has 0 aliphatic carbocycles. The Bertz CT molecular complexity index is 1300. The summed E-state index contributed by atoms with van der Waals surface area (Å²) < 4.78 is 7.81. The molecule has 2 aromatic heterocycles. The van der Waals surface area contributed by atoms with E-state index in [1.165, 1.54) is 11.1 Å². The molecule has 7 heteroatoms. The van der Waals surface area contributed by atoms with E-state index in [0.29, 0.717) is 12.3 Å². The minimum Gasteiger partial charge on any atom is -0.409 e. The van der Waals surface area contributed by atoms with Gasteiger partial charge in [-0.25, -0.2) is 9.80 Å². The van der Waals surface area contributed by atoms with Crippen LogP contribution in [-0.2, 0) is 13.0 Å². The molecule has 3 heterocycles. The number of pyridine rings is 1. The number of nitrogens with one attached hydrogen (secondary N) is 1. The van der Waals surface area contributed by atoms with Crippen LogP contribution in [0, 0.1) is 6.92 Å². The number of benzene rings is 2. The van der Waals surface area contributed by atoms with Gasteiger partial charge in [0.05, 0.1) is 11.2 Å². The Labute approximate surface area is 199 Å². The van der Waals surface area contributed by atoms with Crippen LogP contribution in [0.25, 0.3) is 10.9 Å². The zero-order chi connectivity index (χ0) is 23.5. The van der Waals surface area contributed by atoms with Gasteiger partial charge in [0.25, 0.3) is 0 Å². The van der Waals surface area contributed by atoms with Crippen molar-refractivity contribution in [1.82, 2.24) is 20.1 Å². The highest BCUT2D eigenvalue weighted by molar-refractivity contribution is 5.86. The number of hydrogen-bond acceptors (Lipinski definition) is 5. The molecule has 0 radical (unpaired) electrons. The first-order valence-corrected chi connectivity index (χ1v) is 11.7. The van der Waals surface area contributed by atoms with E-state index in [1.807, 2.05) is 53.8 Å². The van der Waals surface area contributed by atoms with E-state index in [2.05, 4.69) is 58.3 Å². The van der Waals surface area contributed by atoms with Gasteiger partial charge < -0.3 is 4.74 Å². The van der Waals surface area contributed by atoms with Gasteiger partial charge in [-0.2, -0.15) is 0 Å². The number of carbonyl (C=O) groups is 1. The van der Waals surface area contributed by atoms with Crippen LogP contribution in [0.5, 0.6) is 5.75 Å². The smallest absolute Gasteiger partial charge is 0.409 e. The fourth-order valence-electron chi connectivity index (χ4n) is 4.56. The molecular weight excluding hydrogens is 426 g/mol. The molecule has 1 N–H and O–H groups in total. The molecule has 0 saturated heterocycles. The maximum atomic E-state index is 12.6. The fourth-order valence-corrected chi connectivity index (χ4v) is 4.56. The molecular formula is C27H29N5O2. The second kappa shape index (κ2) is 9.57. The summed E-state index contributed by atoms with van der Waals surface area (Å²) >= 11 is 0. The number of amides is 1. The van der Waals surface area contributed by atoms with Crippen molar-refractivity contribution in [3.8, 4) is 5.75 Å². The molecule has 0 atom stereocenters. The van der Waals surface area contributed by atoms with Gasteiger partial charge in [-0.1, -0.05) is 31.2 Å². The number of aryl methyl sites for hydroxylation is 1. The highest BCUT2D eigenvalue weighted by Crippen LogP contribution is 2.28. The van der Waals surface area contributed by atoms with E-state index in [0.717, 1.165) is 48.1 Å². The van der Waals surface area contributed by atoms with Crippen LogP contribution in [0.15, 0.2) is 73.2 Å². The van der Waals surface area contributed by atoms with Crippen molar-refractivity contribution >= 4 is 22.7 Å². The number of fused-ring (bicyclic) bond motifs is 2. The van der Waals surface area contributed by atoms with Crippen LogP contribution >= 0.6 is 0 Å². The van der Waals surface area contributed by atoms with Gasteiger partial charge in [-0.05, 0) is 66.8 Å². The number of nitrogens with zero attached hydrogens (tertiary/aromatic N) is 4. The standard InChI is InChI=1S/C27H29N5O2/c1-3-15-31(23-10-13-28-14-11-23)32-18-20(2)25-17-24(8-9-26(25)32)34-27(33)29-30-16-12-21-6-4-5-7-22(21)19-30/h4-11,13-14,17-18H,3,12,15-16,19H2,1-2H3,(H,29,33). The van der Waals surface area contributed by atoms with Crippen molar-refractivity contribution in [1.29, 1.82) is 0 Å². The second-order valence-corrected chi connectivity index (χ2v) is 8.61. The van der Waals surface area contributed by atoms with Gasteiger partial charge in [0, 0.05) is 43.6 Å². The number of rotatable bonds is 6. The molecule has 0 unspecified atom stereocenters. The highest BCUT2D eigenvalue weighted by atomic mass is 16.6. The summed E-state index contributed by atoms with van der Waals surface area (Å²) in [6.45, 7) is 6.54. The molecule has 34 heavy (non-hydrogen) atoms. The predicted octanol–water partition coefficient (Wildman–Crippen LogP) is 5.09. The largest absolute Gasteiger partial charge is 0.427 e. The number of hydrazine groups is 1. The van der Waals surface area contributed by atoms with E-state index < -0.39 is 6.09 Å². The quantitative estimate of drug-likeness (QED) is 0.439. The van der Waals surface area contributed by atoms with Gasteiger partial charge in [0.1, 0.15) is 5.75 Å². The molecule has 4 aromatic rings. The number of carbonyl (C=O) groups excluding carboxylic acids is 1. The van der Waals surface area contributed by atoms with Gasteiger partial charge in [0.2, 0.25) is 0 Å². The Morgan fingerprint density at radius 3 is 2.71 bits per heavy atom. The lowest BCUT2D eigenvalue weighted by Crippen LogP contribution is -2.46. The summed E-state index contributed by atoms with van der Waals surface area (Å²) in [5, 5.41) is 5.19. The predicted molar refractivity (Wildman–Crippen MR) is 134 cm³/mol. The van der Waals surface area contributed by atoms with Gasteiger partial charge >= 0.3 is 6.09 Å². The highest BCUT2D eigenvalue weighted by Gasteiger charge is 2.19. The van der Waals surface area contributed by atoms with Gasteiger partial charge in [-0.3, -0.25) is 20.1 Å². The maximum Gasteiger partial charge on any atom is 0.427 e. The Kier molecular flexibility index (Phi) is 6.18. The summed E-state index contributed by atoms with van der Waals surface area (Å²) in [4.78, 5) is 16.8. The van der Waals surface area contributed by atoms with Crippen molar-refractivity contribution in [2.45, 2.75) is 33.2 Å². The summed E-state index contributed by atoms with van der Waals surface area (Å²) in [6, 6.07) is 18.1. The van der Waals surface area contributed by atoms with Crippen molar-refractivity contribution in [3.05, 3.63) is 89.9 Å². The first-order chi connectivity index (χ1) is 16.6. The average molecular weight is 456 g/mol. The molecule has 174 valence electrons. The summed E-state index contributed by atoms with van der Waals surface area (Å²) in [5.74, 6) is 0.522. The molecule has 5 rings (SSSR count). The fraction of sp³-hybridized carbons (Fsp3) is 0.259. The van der Waals surface area contributed by atoms with Crippen molar-refractivity contribution in [2.24, 2.45) is 0 Å². The minimum absolute atomic E-state index is 0.472. The third-order valence-corrected chi connectivity index (χ3v) is 6.20. The van der Waals surface area contributed by atoms with Crippen LogP contribution in [0.2, 0.25) is 0 Å². The number of aromatic nitrogens is 2. The van der Waals surface area contributed by atoms with Crippen molar-refractivity contribution in [2.75, 3.05) is 18.1 Å². The van der Waals surface area contributed by atoms with E-state index in [1.54, 1.807) is 0 Å². The molecule has 1 aliphatic rings. The minimum atomic E-state index is -0.472. The molecule has 7 nitrogen and oxygen atoms in total. The topological polar surface area (TPSA) is 62.6 Å². The zero-order valence-electron chi connectivity index (χ0n) is 19.6. The normalized spacial score (nSPS) is 13.5. The van der Waals surface area contributed by atoms with Crippen LogP contribution in [-0.4, -0.2) is 33.9 Å². The maximum absolute atomic E-state index is 12.6. The van der Waals surface area contributed by atoms with Crippen LogP contribution in [0.3, 0.4) is 0 Å². The lowest BCUT2D eigenvalue weighted by molar-refractivity contribution is 0.135. The third kappa shape index (κ3) is 4.47. The number of ether oxygens (including phenoxy) is 1. The summed E-state index contributed by atoms with van der Waals surface area (Å²) in [5.41, 5.74) is 8.71. The van der Waals surface area contributed by atoms with Gasteiger partial charge in [-0.15, -0.1) is 0 Å². The average Bonchev–Trinajstić information content (AvgIpc) is 3.18. The first kappa shape index (κ1) is 22.0. The van der Waals surface area contributed by atoms with Crippen LogP contribution < -0.4 is 15.2 Å². The van der Waals surface area contributed by atoms with E-state index in [9.17, 15) is 4.79 Å². The molecule has 2 aromatic carbocycles.